The number of nitriles is 1. The summed E-state index contributed by atoms with van der Waals surface area (Å²) in [6, 6.07) is 14.4. The molecular weight excluding hydrogens is 508 g/mol. The zero-order valence-corrected chi connectivity index (χ0v) is 22.0. The Morgan fingerprint density at radius 1 is 1.16 bits per heavy atom. The SMILES string of the molecule is COC(=O)C[C@@H]1SC2=C(C(=O)Nc3cccc(C)c3)[C@@H](c3ccc(OC)cc3OC)C(C#N)=C(N)N2C1=O. The van der Waals surface area contributed by atoms with Crippen LogP contribution in [0, 0.1) is 18.3 Å². The van der Waals surface area contributed by atoms with E-state index in [1.165, 1.54) is 21.3 Å². The second-order valence-electron chi connectivity index (χ2n) is 8.55. The number of amides is 2. The summed E-state index contributed by atoms with van der Waals surface area (Å²) in [4.78, 5) is 40.4. The predicted molar refractivity (Wildman–Crippen MR) is 141 cm³/mol. The van der Waals surface area contributed by atoms with Crippen LogP contribution >= 0.6 is 11.8 Å². The van der Waals surface area contributed by atoms with Crippen LogP contribution in [0.1, 0.15) is 23.5 Å². The number of carbonyl (C=O) groups is 3. The minimum absolute atomic E-state index is 0.000669. The van der Waals surface area contributed by atoms with E-state index < -0.39 is 29.0 Å². The lowest BCUT2D eigenvalue weighted by Gasteiger charge is -2.32. The molecular formula is C27H26N4O6S. The monoisotopic (exact) mass is 534 g/mol. The summed E-state index contributed by atoms with van der Waals surface area (Å²) in [7, 11) is 4.21. The Morgan fingerprint density at radius 2 is 1.92 bits per heavy atom. The van der Waals surface area contributed by atoms with E-state index in [4.69, 9.17) is 19.9 Å². The number of rotatable bonds is 7. The highest BCUT2D eigenvalue weighted by Gasteiger charge is 2.49. The molecule has 38 heavy (non-hydrogen) atoms. The smallest absolute Gasteiger partial charge is 0.307 e. The minimum atomic E-state index is -0.964. The maximum atomic E-state index is 13.9. The number of hydrogen-bond acceptors (Lipinski definition) is 9. The van der Waals surface area contributed by atoms with Gasteiger partial charge in [0.05, 0.1) is 55.9 Å². The summed E-state index contributed by atoms with van der Waals surface area (Å²) < 4.78 is 15.7. The molecule has 0 radical (unpaired) electrons. The van der Waals surface area contributed by atoms with E-state index in [0.29, 0.717) is 22.7 Å². The second-order valence-corrected chi connectivity index (χ2v) is 9.75. The van der Waals surface area contributed by atoms with E-state index in [9.17, 15) is 19.6 Å². The standard InChI is InChI=1S/C27H26N4O6S/c1-14-6-5-7-15(10-14)30-25(33)23-22(17-9-8-16(35-2)11-19(17)36-3)18(13-28)24(29)31-26(34)20(38-27(23)31)12-21(32)37-4/h5-11,20,22H,12,29H2,1-4H3,(H,30,33)/t20-,22-/m0/s1. The van der Waals surface area contributed by atoms with Crippen molar-refractivity contribution < 1.29 is 28.6 Å². The molecule has 2 aromatic carbocycles. The Hall–Kier alpha value is -4.43. The lowest BCUT2D eigenvalue weighted by atomic mass is 9.82. The molecule has 4 rings (SSSR count). The summed E-state index contributed by atoms with van der Waals surface area (Å²) in [5, 5.41) is 12.5. The van der Waals surface area contributed by atoms with Crippen molar-refractivity contribution >= 4 is 35.2 Å². The first-order valence-electron chi connectivity index (χ1n) is 11.5. The number of carbonyl (C=O) groups excluding carboxylic acids is 3. The molecule has 2 atom stereocenters. The third kappa shape index (κ3) is 4.78. The Morgan fingerprint density at radius 3 is 2.55 bits per heavy atom. The molecule has 0 saturated carbocycles. The fourth-order valence-corrected chi connectivity index (χ4v) is 5.76. The average Bonchev–Trinajstić information content (AvgIpc) is 3.23. The van der Waals surface area contributed by atoms with E-state index in [0.717, 1.165) is 22.2 Å². The first kappa shape index (κ1) is 26.6. The predicted octanol–water partition coefficient (Wildman–Crippen LogP) is 3.16. The summed E-state index contributed by atoms with van der Waals surface area (Å²) in [6.07, 6.45) is -0.224. The highest BCUT2D eigenvalue weighted by Crippen LogP contribution is 2.51. The van der Waals surface area contributed by atoms with Crippen LogP contribution in [-0.2, 0) is 19.1 Å². The number of nitrogens with zero attached hydrogens (tertiary/aromatic N) is 2. The van der Waals surface area contributed by atoms with Gasteiger partial charge in [-0.3, -0.25) is 19.3 Å². The van der Waals surface area contributed by atoms with E-state index in [-0.39, 0.29) is 28.4 Å². The Bertz CT molecular complexity index is 1430. The van der Waals surface area contributed by atoms with Gasteiger partial charge in [-0.1, -0.05) is 30.0 Å². The first-order chi connectivity index (χ1) is 18.2. The molecule has 0 aliphatic carbocycles. The number of allylic oxidation sites excluding steroid dienone is 1. The van der Waals surface area contributed by atoms with Crippen molar-refractivity contribution in [3.8, 4) is 17.6 Å². The molecule has 11 heteroatoms. The third-order valence-electron chi connectivity index (χ3n) is 6.25. The van der Waals surface area contributed by atoms with E-state index in [1.54, 1.807) is 36.4 Å². The molecule has 196 valence electrons. The Labute approximate surface area is 224 Å². The van der Waals surface area contributed by atoms with Crippen molar-refractivity contribution in [1.82, 2.24) is 4.90 Å². The average molecular weight is 535 g/mol. The van der Waals surface area contributed by atoms with Crippen molar-refractivity contribution in [3.05, 3.63) is 75.6 Å². The number of methoxy groups -OCH3 is 3. The molecule has 2 aliphatic heterocycles. The fraction of sp³-hybridized carbons (Fsp3) is 0.259. The maximum absolute atomic E-state index is 13.9. The number of esters is 1. The van der Waals surface area contributed by atoms with Crippen LogP contribution in [0.2, 0.25) is 0 Å². The van der Waals surface area contributed by atoms with Gasteiger partial charge in [0.15, 0.2) is 0 Å². The van der Waals surface area contributed by atoms with Crippen molar-refractivity contribution in [2.24, 2.45) is 5.73 Å². The van der Waals surface area contributed by atoms with Crippen LogP contribution in [0.4, 0.5) is 5.69 Å². The number of nitrogens with one attached hydrogen (secondary N) is 1. The molecule has 0 aromatic heterocycles. The summed E-state index contributed by atoms with van der Waals surface area (Å²) in [6.45, 7) is 1.89. The van der Waals surface area contributed by atoms with E-state index in [2.05, 4.69) is 11.4 Å². The normalized spacial score (nSPS) is 18.6. The molecule has 3 N–H and O–H groups in total. The van der Waals surface area contributed by atoms with Crippen molar-refractivity contribution in [2.75, 3.05) is 26.6 Å². The molecule has 0 spiro atoms. The molecule has 2 aliphatic rings. The summed E-state index contributed by atoms with van der Waals surface area (Å²) in [5.41, 5.74) is 8.49. The number of fused-ring (bicyclic) bond motifs is 1. The Kier molecular flexibility index (Phi) is 7.64. The van der Waals surface area contributed by atoms with Crippen molar-refractivity contribution in [1.29, 1.82) is 5.26 Å². The molecule has 2 heterocycles. The van der Waals surface area contributed by atoms with Gasteiger partial charge in [0.25, 0.3) is 5.91 Å². The second kappa shape index (κ2) is 10.9. The molecule has 2 aromatic rings. The molecule has 10 nitrogen and oxygen atoms in total. The lowest BCUT2D eigenvalue weighted by molar-refractivity contribution is -0.142. The van der Waals surface area contributed by atoms with Gasteiger partial charge in [-0.2, -0.15) is 5.26 Å². The highest BCUT2D eigenvalue weighted by molar-refractivity contribution is 8.04. The maximum Gasteiger partial charge on any atom is 0.307 e. The summed E-state index contributed by atoms with van der Waals surface area (Å²) in [5.74, 6) is -1.82. The van der Waals surface area contributed by atoms with E-state index in [1.807, 2.05) is 13.0 Å². The van der Waals surface area contributed by atoms with Gasteiger partial charge in [0.1, 0.15) is 22.6 Å². The number of benzene rings is 2. The van der Waals surface area contributed by atoms with Gasteiger partial charge in [0.2, 0.25) is 5.91 Å². The molecule has 1 fully saturated rings. The minimum Gasteiger partial charge on any atom is -0.497 e. The molecule has 1 saturated heterocycles. The van der Waals surface area contributed by atoms with Gasteiger partial charge in [-0.25, -0.2) is 0 Å². The van der Waals surface area contributed by atoms with Gasteiger partial charge >= 0.3 is 5.97 Å². The lowest BCUT2D eigenvalue weighted by Crippen LogP contribution is -2.39. The van der Waals surface area contributed by atoms with Crippen LogP contribution in [0.15, 0.2) is 64.5 Å². The van der Waals surface area contributed by atoms with Crippen LogP contribution in [0.25, 0.3) is 0 Å². The zero-order chi connectivity index (χ0) is 27.6. The fourth-order valence-electron chi connectivity index (χ4n) is 4.43. The first-order valence-corrected chi connectivity index (χ1v) is 12.4. The quantitative estimate of drug-likeness (QED) is 0.512. The van der Waals surface area contributed by atoms with Crippen LogP contribution in [0.3, 0.4) is 0 Å². The van der Waals surface area contributed by atoms with Crippen LogP contribution < -0.4 is 20.5 Å². The van der Waals surface area contributed by atoms with Gasteiger partial charge in [0, 0.05) is 17.3 Å². The number of nitrogens with two attached hydrogens (primary N) is 1. The number of hydrogen-bond donors (Lipinski definition) is 2. The summed E-state index contributed by atoms with van der Waals surface area (Å²) >= 11 is 1.04. The number of thioether (sulfide) groups is 1. The van der Waals surface area contributed by atoms with Crippen molar-refractivity contribution in [2.45, 2.75) is 24.5 Å². The Balaban J connectivity index is 1.93. The van der Waals surface area contributed by atoms with Crippen LogP contribution in [0.5, 0.6) is 11.5 Å². The topological polar surface area (TPSA) is 144 Å². The van der Waals surface area contributed by atoms with Gasteiger partial charge < -0.3 is 25.3 Å². The highest BCUT2D eigenvalue weighted by atomic mass is 32.2. The largest absolute Gasteiger partial charge is 0.497 e. The molecule has 2 amide bonds. The van der Waals surface area contributed by atoms with Gasteiger partial charge in [-0.05, 0) is 30.7 Å². The zero-order valence-electron chi connectivity index (χ0n) is 21.2. The number of ether oxygens (including phenoxy) is 3. The number of aryl methyl sites for hydroxylation is 1. The van der Waals surface area contributed by atoms with Gasteiger partial charge in [-0.15, -0.1) is 0 Å². The van der Waals surface area contributed by atoms with Crippen LogP contribution in [-0.4, -0.2) is 49.3 Å². The number of anilines is 1. The van der Waals surface area contributed by atoms with Crippen molar-refractivity contribution in [3.63, 3.8) is 0 Å². The molecule has 0 bridgehead atoms. The third-order valence-corrected chi connectivity index (χ3v) is 7.53. The molecule has 0 unspecified atom stereocenters. The van der Waals surface area contributed by atoms with E-state index >= 15 is 0 Å².